The molecule has 4 rings (SSSR count). The fourth-order valence-corrected chi connectivity index (χ4v) is 5.16. The Bertz CT molecular complexity index is 863. The number of fused-ring (bicyclic) bond motifs is 1. The number of halogens is 2. The van der Waals surface area contributed by atoms with Gasteiger partial charge in [-0.15, -0.1) is 23.2 Å². The highest BCUT2D eigenvalue weighted by molar-refractivity contribution is 6.32. The normalized spacial score (nSPS) is 35.5. The van der Waals surface area contributed by atoms with Crippen LogP contribution in [0.3, 0.4) is 0 Å². The molecule has 2 aromatic rings. The van der Waals surface area contributed by atoms with Crippen LogP contribution in [0.15, 0.2) is 35.9 Å². The maximum Gasteiger partial charge on any atom is 0.186 e. The zero-order valence-electron chi connectivity index (χ0n) is 14.8. The zero-order valence-corrected chi connectivity index (χ0v) is 16.3. The number of hydrogen-bond donors (Lipinski definition) is 3. The molecule has 0 spiro atoms. The van der Waals surface area contributed by atoms with Crippen molar-refractivity contribution in [3.63, 3.8) is 0 Å². The number of nitrogens with zero attached hydrogens (tertiary/aromatic N) is 2. The highest BCUT2D eigenvalue weighted by atomic mass is 35.5. The van der Waals surface area contributed by atoms with Crippen molar-refractivity contribution in [2.24, 2.45) is 5.92 Å². The van der Waals surface area contributed by atoms with Crippen LogP contribution in [-0.4, -0.2) is 42.7 Å². The van der Waals surface area contributed by atoms with E-state index in [0.717, 1.165) is 41.6 Å². The molecule has 7 heteroatoms. The second-order valence-corrected chi connectivity index (χ2v) is 8.90. The number of anilines is 1. The van der Waals surface area contributed by atoms with E-state index < -0.39 is 11.1 Å². The molecule has 1 aliphatic carbocycles. The van der Waals surface area contributed by atoms with E-state index in [-0.39, 0.29) is 23.1 Å². The Morgan fingerprint density at radius 1 is 1.35 bits per heavy atom. The quantitative estimate of drug-likeness (QED) is 0.662. The van der Waals surface area contributed by atoms with Gasteiger partial charge in [-0.25, -0.2) is 4.98 Å². The largest absolute Gasteiger partial charge is 0.507 e. The third-order valence-electron chi connectivity index (χ3n) is 6.05. The zero-order chi connectivity index (χ0) is 18.6. The first-order valence-corrected chi connectivity index (χ1v) is 9.76. The molecule has 3 N–H and O–H groups in total. The molecule has 0 saturated heterocycles. The van der Waals surface area contributed by atoms with Crippen molar-refractivity contribution in [2.75, 3.05) is 4.90 Å². The van der Waals surface area contributed by atoms with Crippen molar-refractivity contribution in [2.45, 2.75) is 55.6 Å². The molecule has 0 radical (unpaired) electrons. The fourth-order valence-electron chi connectivity index (χ4n) is 4.51. The summed E-state index contributed by atoms with van der Waals surface area (Å²) < 4.78 is 0. The van der Waals surface area contributed by atoms with Crippen LogP contribution in [0.2, 0.25) is 0 Å². The maximum atomic E-state index is 10.8. The summed E-state index contributed by atoms with van der Waals surface area (Å²) in [6, 6.07) is 5.55. The minimum atomic E-state index is -1.09. The van der Waals surface area contributed by atoms with Crippen LogP contribution in [-0.2, 0) is 0 Å². The van der Waals surface area contributed by atoms with Crippen LogP contribution in [0.5, 0.6) is 0 Å². The Labute approximate surface area is 162 Å². The molecular weight excluding hydrogens is 373 g/mol. The number of aromatic amines is 1. The highest BCUT2D eigenvalue weighted by Crippen LogP contribution is 2.49. The Kier molecular flexibility index (Phi) is 4.37. The van der Waals surface area contributed by atoms with Crippen LogP contribution in [0.25, 0.3) is 11.0 Å². The molecule has 1 saturated carbocycles. The maximum absolute atomic E-state index is 10.8. The van der Waals surface area contributed by atoms with Crippen molar-refractivity contribution in [1.82, 2.24) is 9.97 Å². The van der Waals surface area contributed by atoms with Crippen molar-refractivity contribution < 1.29 is 10.2 Å². The van der Waals surface area contributed by atoms with Gasteiger partial charge < -0.3 is 20.1 Å². The van der Waals surface area contributed by atoms with Crippen molar-refractivity contribution in [3.8, 4) is 0 Å². The molecule has 1 fully saturated rings. The van der Waals surface area contributed by atoms with Crippen LogP contribution < -0.4 is 4.90 Å². The minimum Gasteiger partial charge on any atom is -0.507 e. The Hall–Kier alpha value is -1.43. The number of alkyl halides is 2. The summed E-state index contributed by atoms with van der Waals surface area (Å²) in [5.74, 6) is 0.0149. The molecule has 1 aliphatic heterocycles. The number of benzene rings is 1. The molecule has 140 valence electrons. The first-order chi connectivity index (χ1) is 12.3. The smallest absolute Gasteiger partial charge is 0.186 e. The van der Waals surface area contributed by atoms with E-state index in [0.29, 0.717) is 0 Å². The number of hydrogen-bond acceptors (Lipinski definition) is 4. The van der Waals surface area contributed by atoms with Gasteiger partial charge in [0.05, 0.1) is 33.7 Å². The number of H-pyrrole nitrogens is 1. The first kappa shape index (κ1) is 18.0. The van der Waals surface area contributed by atoms with E-state index in [4.69, 9.17) is 23.2 Å². The van der Waals surface area contributed by atoms with Gasteiger partial charge in [-0.3, -0.25) is 0 Å². The number of aliphatic hydroxyl groups excluding tert-OH is 2. The monoisotopic (exact) mass is 395 g/mol. The molecule has 4 unspecified atom stereocenters. The van der Waals surface area contributed by atoms with E-state index in [9.17, 15) is 10.2 Å². The van der Waals surface area contributed by atoms with Gasteiger partial charge in [0.1, 0.15) is 5.76 Å². The summed E-state index contributed by atoms with van der Waals surface area (Å²) >= 11 is 13.5. The predicted octanol–water partition coefficient (Wildman–Crippen LogP) is 4.31. The third kappa shape index (κ3) is 2.60. The Morgan fingerprint density at radius 3 is 2.88 bits per heavy atom. The molecule has 1 aromatic carbocycles. The molecule has 26 heavy (non-hydrogen) atoms. The average molecular weight is 396 g/mol. The number of imidazole rings is 1. The molecular formula is C19H23Cl2N3O2. The van der Waals surface area contributed by atoms with Crippen LogP contribution >= 0.6 is 23.2 Å². The van der Waals surface area contributed by atoms with E-state index >= 15 is 0 Å². The van der Waals surface area contributed by atoms with Gasteiger partial charge in [0.15, 0.2) is 6.23 Å². The third-order valence-corrected chi connectivity index (χ3v) is 7.38. The standard InChI is InChI=1S/C19H23Cl2N3O2/c1-10-16(12-4-3-5-15(20)19(12,2)21)24(18(26)17(10)25)11-6-7-13-14(8-11)23-9-22-13/h6-9,12,15-16,18,25-26H,3-5H2,1-2H3,(H,22,23)/t12?,15?,16?,18?,19-/m0/s1. The lowest BCUT2D eigenvalue weighted by Gasteiger charge is -2.47. The highest BCUT2D eigenvalue weighted by Gasteiger charge is 2.51. The number of aromatic nitrogens is 2. The van der Waals surface area contributed by atoms with Crippen molar-refractivity contribution in [1.29, 1.82) is 0 Å². The summed E-state index contributed by atoms with van der Waals surface area (Å²) in [5, 5.41) is 21.1. The second kappa shape index (κ2) is 6.32. The number of nitrogens with one attached hydrogen (secondary N) is 1. The summed E-state index contributed by atoms with van der Waals surface area (Å²) in [5.41, 5.74) is 3.30. The summed E-state index contributed by atoms with van der Waals surface area (Å²) in [6.45, 7) is 3.84. The van der Waals surface area contributed by atoms with Gasteiger partial charge in [-0.05, 0) is 50.5 Å². The molecule has 5 nitrogen and oxygen atoms in total. The summed E-state index contributed by atoms with van der Waals surface area (Å²) in [6.07, 6.45) is 3.30. The topological polar surface area (TPSA) is 72.4 Å². The SMILES string of the molecule is CC1=C(O)C(O)N(c2ccc3nc[nH]c3c2)C1C1CCCC(Cl)[C@@]1(C)Cl. The van der Waals surface area contributed by atoms with Crippen LogP contribution in [0.4, 0.5) is 5.69 Å². The molecule has 1 aromatic heterocycles. The Morgan fingerprint density at radius 2 is 2.12 bits per heavy atom. The fraction of sp³-hybridized carbons (Fsp3) is 0.526. The van der Waals surface area contributed by atoms with E-state index in [1.54, 1.807) is 6.33 Å². The molecule has 5 atom stereocenters. The molecule has 0 amide bonds. The van der Waals surface area contributed by atoms with Gasteiger partial charge >= 0.3 is 0 Å². The summed E-state index contributed by atoms with van der Waals surface area (Å²) in [4.78, 5) is 8.57. The molecule has 2 aliphatic rings. The minimum absolute atomic E-state index is 0.00358. The van der Waals surface area contributed by atoms with E-state index in [2.05, 4.69) is 9.97 Å². The number of rotatable bonds is 2. The predicted molar refractivity (Wildman–Crippen MR) is 105 cm³/mol. The van der Waals surface area contributed by atoms with Crippen molar-refractivity contribution in [3.05, 3.63) is 35.9 Å². The lowest BCUT2D eigenvalue weighted by molar-refractivity contribution is 0.148. The van der Waals surface area contributed by atoms with Crippen LogP contribution in [0, 0.1) is 5.92 Å². The van der Waals surface area contributed by atoms with Gasteiger partial charge in [0, 0.05) is 11.6 Å². The number of aliphatic hydroxyl groups is 2. The lowest BCUT2D eigenvalue weighted by atomic mass is 9.73. The van der Waals surface area contributed by atoms with Gasteiger partial charge in [-0.2, -0.15) is 0 Å². The van der Waals surface area contributed by atoms with Crippen LogP contribution in [0.1, 0.15) is 33.1 Å². The summed E-state index contributed by atoms with van der Waals surface area (Å²) in [7, 11) is 0. The lowest BCUT2D eigenvalue weighted by Crippen LogP contribution is -2.53. The molecule has 0 bridgehead atoms. The molecule has 2 heterocycles. The van der Waals surface area contributed by atoms with E-state index in [1.807, 2.05) is 36.9 Å². The van der Waals surface area contributed by atoms with E-state index in [1.165, 1.54) is 0 Å². The second-order valence-electron chi connectivity index (χ2n) is 7.55. The van der Waals surface area contributed by atoms with Gasteiger partial charge in [0.2, 0.25) is 0 Å². The van der Waals surface area contributed by atoms with Crippen molar-refractivity contribution >= 4 is 39.9 Å². The average Bonchev–Trinajstić information content (AvgIpc) is 3.15. The van der Waals surface area contributed by atoms with Gasteiger partial charge in [-0.1, -0.05) is 6.42 Å². The first-order valence-electron chi connectivity index (χ1n) is 8.94. The van der Waals surface area contributed by atoms with Gasteiger partial charge in [0.25, 0.3) is 0 Å². The Balaban J connectivity index is 1.79.